The first-order chi connectivity index (χ1) is 2.00. The molecule has 0 radical (unpaired) electrons. The third kappa shape index (κ3) is 9.63. The summed E-state index contributed by atoms with van der Waals surface area (Å²) in [5, 5.41) is 0. The van der Waals surface area contributed by atoms with Gasteiger partial charge < -0.3 is 0 Å². The third-order valence-electron chi connectivity index (χ3n) is 0. The van der Waals surface area contributed by atoms with Crippen LogP contribution < -0.4 is 0 Å². The summed E-state index contributed by atoms with van der Waals surface area (Å²) in [6.07, 6.45) is 0. The highest BCUT2D eigenvalue weighted by atomic mass is 80.9. The molecule has 0 N–H and O–H groups in total. The molecule has 4 heavy (non-hydrogen) atoms. The van der Waals surface area contributed by atoms with Crippen LogP contribution >= 0.6 is 50.0 Å². The Balaban J connectivity index is 0. The summed E-state index contributed by atoms with van der Waals surface area (Å²) >= 11 is 5.50. The molecule has 0 bridgehead atoms. The predicted molar refractivity (Wildman–Crippen MR) is 29.6 cm³/mol. The molecule has 4 heteroatoms. The van der Waals surface area contributed by atoms with Crippen molar-refractivity contribution >= 4 is 50.0 Å². The lowest BCUT2D eigenvalue weighted by Crippen LogP contribution is -0.311. The van der Waals surface area contributed by atoms with Gasteiger partial charge in [-0.25, -0.2) is 0 Å². The standard InChI is InChI=1S/Br2.Cl2/c2*1-2. The fourth-order valence-corrected chi connectivity index (χ4v) is 0. The molecular formula is Br2Cl2. The highest BCUT2D eigenvalue weighted by Crippen LogP contribution is 1.85. The molecule has 0 nitrogen and oxygen atoms in total. The third-order valence-corrected chi connectivity index (χ3v) is 0. The highest BCUT2D eigenvalue weighted by molar-refractivity contribution is 9.93. The van der Waals surface area contributed by atoms with E-state index in [0.29, 0.717) is 0 Å². The molecule has 28 valence electrons. The molecular weight excluding hydrogens is 231 g/mol. The van der Waals surface area contributed by atoms with Crippen LogP contribution in [0.3, 0.4) is 0 Å². The monoisotopic (exact) mass is 228 g/mol. The minimum Gasteiger partial charge on any atom is 0 e. The summed E-state index contributed by atoms with van der Waals surface area (Å²) in [4.78, 5) is 0. The summed E-state index contributed by atoms with van der Waals surface area (Å²) in [7, 11) is 8.22. The largest absolute Gasteiger partial charge is 0 e. The molecule has 0 amide bonds. The maximum atomic E-state index is 4.11. The van der Waals surface area contributed by atoms with Crippen LogP contribution in [-0.2, 0) is 0 Å². The van der Waals surface area contributed by atoms with Gasteiger partial charge in [0, 0.05) is 50.0 Å². The van der Waals surface area contributed by atoms with Crippen LogP contribution in [0.2, 0.25) is 0 Å². The molecule has 0 aromatic heterocycles. The van der Waals surface area contributed by atoms with E-state index >= 15 is 0 Å². The Morgan fingerprint density at radius 3 is 1.00 bits per heavy atom. The van der Waals surface area contributed by atoms with Gasteiger partial charge in [0.15, 0.2) is 0 Å². The van der Waals surface area contributed by atoms with Crippen LogP contribution in [0.5, 0.6) is 0 Å². The van der Waals surface area contributed by atoms with Gasteiger partial charge in [-0.3, -0.25) is 0 Å². The van der Waals surface area contributed by atoms with Gasteiger partial charge in [-0.1, -0.05) is 0 Å². The lowest BCUT2D eigenvalue weighted by molar-refractivity contribution is 4.85. The Hall–Kier alpha value is 1.54. The van der Waals surface area contributed by atoms with E-state index in [9.17, 15) is 0 Å². The first-order valence-electron chi connectivity index (χ1n) is 0.286. The zero-order valence-corrected chi connectivity index (χ0v) is 6.20. The normalized spacial score (nSPS) is 3.00. The van der Waals surface area contributed by atoms with Crippen LogP contribution in [-0.4, -0.2) is 0 Å². The second kappa shape index (κ2) is 24.0. The molecule has 0 aliphatic heterocycles. The lowest BCUT2D eigenvalue weighted by Gasteiger charge is -1.00. The second-order valence-electron chi connectivity index (χ2n) is 0. The van der Waals surface area contributed by atoms with Gasteiger partial charge in [0.1, 0.15) is 0 Å². The summed E-state index contributed by atoms with van der Waals surface area (Å²) in [6, 6.07) is 0. The molecule has 0 unspecified atom stereocenters. The average Bonchev–Trinajstić information content (AvgIpc) is 1.50. The Morgan fingerprint density at radius 1 is 1.00 bits per heavy atom. The van der Waals surface area contributed by atoms with E-state index < -0.39 is 0 Å². The van der Waals surface area contributed by atoms with Crippen LogP contribution in [0, 0.1) is 0 Å². The molecule has 0 spiro atoms. The van der Waals surface area contributed by atoms with Gasteiger partial charge >= 0.3 is 0 Å². The van der Waals surface area contributed by atoms with E-state index in [1.165, 1.54) is 0 Å². The fourth-order valence-electron chi connectivity index (χ4n) is 0. The maximum Gasteiger partial charge on any atom is 0 e. The van der Waals surface area contributed by atoms with Gasteiger partial charge in [0.05, 0.1) is 0 Å². The van der Waals surface area contributed by atoms with Crippen molar-refractivity contribution in [1.29, 1.82) is 0 Å². The Kier molecular flexibility index (Phi) is 54.6. The van der Waals surface area contributed by atoms with E-state index in [4.69, 9.17) is 0 Å². The van der Waals surface area contributed by atoms with Crippen molar-refractivity contribution < 1.29 is 0 Å². The van der Waals surface area contributed by atoms with Crippen LogP contribution in [0.1, 0.15) is 0 Å². The Labute approximate surface area is 49.9 Å². The molecule has 0 aliphatic carbocycles. The molecule has 0 aromatic carbocycles. The van der Waals surface area contributed by atoms with E-state index in [1.54, 1.807) is 0 Å². The molecule has 0 heterocycles. The number of rotatable bonds is 0. The molecule has 0 rings (SSSR count). The van der Waals surface area contributed by atoms with Crippen molar-refractivity contribution in [1.82, 2.24) is 0 Å². The fraction of sp³-hybridized carbons (Fsp3) is 0. The van der Waals surface area contributed by atoms with E-state index in [1.807, 2.05) is 0 Å². The summed E-state index contributed by atoms with van der Waals surface area (Å²) < 4.78 is 0. The molecule has 0 aromatic rings. The number of hydrogen-bond donors (Lipinski definition) is 0. The van der Waals surface area contributed by atoms with E-state index in [2.05, 4.69) is 50.0 Å². The van der Waals surface area contributed by atoms with Gasteiger partial charge in [0.2, 0.25) is 0 Å². The van der Waals surface area contributed by atoms with Crippen LogP contribution in [0.25, 0.3) is 0 Å². The zero-order valence-electron chi connectivity index (χ0n) is 1.51. The smallest absolute Gasteiger partial charge is 0 e. The summed E-state index contributed by atoms with van der Waals surface area (Å²) in [6.45, 7) is 0. The zero-order chi connectivity index (χ0) is 4.00. The van der Waals surface area contributed by atoms with E-state index in [0.717, 1.165) is 0 Å². The van der Waals surface area contributed by atoms with Crippen molar-refractivity contribution in [3.8, 4) is 0 Å². The Bertz CT molecular complexity index is 4.00. The predicted octanol–water partition coefficient (Wildman–Crippen LogP) is 3.07. The van der Waals surface area contributed by atoms with Crippen LogP contribution in [0.15, 0.2) is 0 Å². The highest BCUT2D eigenvalue weighted by Gasteiger charge is 1.00. The summed E-state index contributed by atoms with van der Waals surface area (Å²) in [5.41, 5.74) is 0. The van der Waals surface area contributed by atoms with Gasteiger partial charge in [-0.15, -0.1) is 0 Å². The lowest BCUT2D eigenvalue weighted by atomic mass is 34.5. The van der Waals surface area contributed by atoms with Crippen molar-refractivity contribution in [2.24, 2.45) is 0 Å². The minimum absolute atomic E-state index is 2.75. The first kappa shape index (κ1) is 9.11. The SMILES string of the molecule is BrBr.ClCl. The van der Waals surface area contributed by atoms with Gasteiger partial charge in [0.25, 0.3) is 0 Å². The van der Waals surface area contributed by atoms with Crippen molar-refractivity contribution in [3.05, 3.63) is 0 Å². The molecule has 0 saturated carbocycles. The Morgan fingerprint density at radius 2 is 1.00 bits per heavy atom. The molecule has 0 fully saturated rings. The van der Waals surface area contributed by atoms with E-state index in [-0.39, 0.29) is 0 Å². The number of halogens is 4. The van der Waals surface area contributed by atoms with Crippen molar-refractivity contribution in [2.75, 3.05) is 0 Å². The maximum absolute atomic E-state index is 4.11. The molecule has 0 saturated heterocycles. The summed E-state index contributed by atoms with van der Waals surface area (Å²) in [5.74, 6) is 0. The van der Waals surface area contributed by atoms with Crippen LogP contribution in [0.4, 0.5) is 0 Å². The first-order valence-corrected chi connectivity index (χ1v) is 5.14. The van der Waals surface area contributed by atoms with Gasteiger partial charge in [-0.2, -0.15) is 0 Å². The van der Waals surface area contributed by atoms with Gasteiger partial charge in [-0.05, 0) is 0 Å². The minimum atomic E-state index is 2.75. The second-order valence-corrected chi connectivity index (χ2v) is 0. The van der Waals surface area contributed by atoms with Crippen molar-refractivity contribution in [3.63, 3.8) is 0 Å². The topological polar surface area (TPSA) is 0 Å². The quantitative estimate of drug-likeness (QED) is 0.600. The average molecular weight is 231 g/mol. The molecule has 0 aliphatic rings. The number of hydrogen-bond acceptors (Lipinski definition) is 0. The van der Waals surface area contributed by atoms with Crippen molar-refractivity contribution in [2.45, 2.75) is 0 Å². The molecule has 0 atom stereocenters.